The third-order valence-corrected chi connectivity index (χ3v) is 3.56. The van der Waals surface area contributed by atoms with E-state index in [-0.39, 0.29) is 5.82 Å². The van der Waals surface area contributed by atoms with Gasteiger partial charge in [-0.2, -0.15) is 0 Å². The van der Waals surface area contributed by atoms with E-state index in [9.17, 15) is 4.39 Å². The molecule has 2 aromatic rings. The zero-order chi connectivity index (χ0) is 16.8. The Morgan fingerprint density at radius 1 is 1.39 bits per heavy atom. The number of aromatic nitrogens is 3. The van der Waals surface area contributed by atoms with Gasteiger partial charge < -0.3 is 14.8 Å². The lowest BCUT2D eigenvalue weighted by atomic mass is 10.2. The summed E-state index contributed by atoms with van der Waals surface area (Å²) >= 11 is 0. The number of hydrogen-bond donors (Lipinski definition) is 1. The van der Waals surface area contributed by atoms with Gasteiger partial charge in [0.1, 0.15) is 18.2 Å². The van der Waals surface area contributed by atoms with E-state index in [0.29, 0.717) is 13.1 Å². The molecule has 23 heavy (non-hydrogen) atoms. The number of nitrogens with zero attached hydrogens (tertiary/aromatic N) is 5. The Morgan fingerprint density at radius 3 is 2.78 bits per heavy atom. The molecule has 0 spiro atoms. The largest absolute Gasteiger partial charge is 0.357 e. The average molecular weight is 318 g/mol. The van der Waals surface area contributed by atoms with Crippen molar-refractivity contribution in [3.8, 4) is 0 Å². The Morgan fingerprint density at radius 2 is 2.17 bits per heavy atom. The Kier molecular flexibility index (Phi) is 5.67. The molecule has 0 fully saturated rings. The minimum absolute atomic E-state index is 0.229. The van der Waals surface area contributed by atoms with Gasteiger partial charge in [0, 0.05) is 27.2 Å². The van der Waals surface area contributed by atoms with Crippen LogP contribution in [0.3, 0.4) is 0 Å². The lowest BCUT2D eigenvalue weighted by Crippen LogP contribution is -2.38. The molecule has 1 heterocycles. The zero-order valence-corrected chi connectivity index (χ0v) is 14.0. The lowest BCUT2D eigenvalue weighted by Gasteiger charge is -2.22. The minimum atomic E-state index is -0.229. The van der Waals surface area contributed by atoms with Crippen LogP contribution < -0.4 is 5.32 Å². The molecule has 0 radical (unpaired) electrons. The number of guanidine groups is 1. The summed E-state index contributed by atoms with van der Waals surface area (Å²) in [6.07, 6.45) is 0. The fourth-order valence-corrected chi connectivity index (χ4v) is 2.19. The van der Waals surface area contributed by atoms with E-state index < -0.39 is 0 Å². The molecule has 1 aromatic carbocycles. The lowest BCUT2D eigenvalue weighted by molar-refractivity contribution is 0.474. The van der Waals surface area contributed by atoms with Crippen molar-refractivity contribution in [2.75, 3.05) is 13.6 Å². The van der Waals surface area contributed by atoms with Crippen molar-refractivity contribution in [1.82, 2.24) is 25.0 Å². The van der Waals surface area contributed by atoms with E-state index in [2.05, 4.69) is 20.5 Å². The molecule has 1 aromatic heterocycles. The third-order valence-electron chi connectivity index (χ3n) is 3.56. The van der Waals surface area contributed by atoms with Crippen LogP contribution in [0.4, 0.5) is 4.39 Å². The number of benzene rings is 1. The summed E-state index contributed by atoms with van der Waals surface area (Å²) < 4.78 is 15.2. The van der Waals surface area contributed by atoms with Crippen LogP contribution >= 0.6 is 0 Å². The van der Waals surface area contributed by atoms with Gasteiger partial charge in [0.15, 0.2) is 11.8 Å². The fourth-order valence-electron chi connectivity index (χ4n) is 2.19. The van der Waals surface area contributed by atoms with E-state index >= 15 is 0 Å². The maximum atomic E-state index is 13.3. The Hall–Kier alpha value is -2.44. The predicted octanol–water partition coefficient (Wildman–Crippen LogP) is 1.86. The first kappa shape index (κ1) is 16.9. The number of aliphatic imine (C=N–C) groups is 1. The van der Waals surface area contributed by atoms with Crippen molar-refractivity contribution in [2.45, 2.75) is 26.9 Å². The van der Waals surface area contributed by atoms with Gasteiger partial charge in [0.25, 0.3) is 0 Å². The Balaban J connectivity index is 2.10. The second kappa shape index (κ2) is 7.71. The summed E-state index contributed by atoms with van der Waals surface area (Å²) in [4.78, 5) is 6.55. The smallest absolute Gasteiger partial charge is 0.194 e. The first-order chi connectivity index (χ1) is 11.0. The van der Waals surface area contributed by atoms with Crippen molar-refractivity contribution in [3.63, 3.8) is 0 Å². The molecule has 7 heteroatoms. The molecule has 2 rings (SSSR count). The van der Waals surface area contributed by atoms with Crippen LogP contribution in [0, 0.1) is 12.7 Å². The molecule has 1 N–H and O–H groups in total. The standard InChI is InChI=1S/C16H23FN6/c1-5-18-16(19-10-15-21-20-12(2)23(15)4)22(3)11-13-7-6-8-14(17)9-13/h6-9H,5,10-11H2,1-4H3,(H,18,19). The second-order valence-corrected chi connectivity index (χ2v) is 5.38. The summed E-state index contributed by atoms with van der Waals surface area (Å²) in [5.74, 6) is 2.18. The molecule has 0 aliphatic rings. The van der Waals surface area contributed by atoms with Crippen LogP contribution in [-0.2, 0) is 20.1 Å². The first-order valence-electron chi connectivity index (χ1n) is 7.60. The highest BCUT2D eigenvalue weighted by atomic mass is 19.1. The average Bonchev–Trinajstić information content (AvgIpc) is 2.83. The van der Waals surface area contributed by atoms with Gasteiger partial charge in [-0.3, -0.25) is 0 Å². The number of halogens is 1. The number of aryl methyl sites for hydroxylation is 1. The van der Waals surface area contributed by atoms with Gasteiger partial charge in [0.05, 0.1) is 0 Å². The van der Waals surface area contributed by atoms with Gasteiger partial charge in [-0.25, -0.2) is 9.38 Å². The highest BCUT2D eigenvalue weighted by molar-refractivity contribution is 5.79. The molecule has 0 saturated carbocycles. The van der Waals surface area contributed by atoms with Crippen LogP contribution in [0.5, 0.6) is 0 Å². The Bertz CT molecular complexity index is 679. The predicted molar refractivity (Wildman–Crippen MR) is 88.4 cm³/mol. The second-order valence-electron chi connectivity index (χ2n) is 5.38. The van der Waals surface area contributed by atoms with Crippen molar-refractivity contribution in [3.05, 3.63) is 47.3 Å². The van der Waals surface area contributed by atoms with Crippen LogP contribution in [-0.4, -0.2) is 39.2 Å². The number of nitrogens with one attached hydrogen (secondary N) is 1. The molecule has 0 aliphatic carbocycles. The van der Waals surface area contributed by atoms with Crippen molar-refractivity contribution >= 4 is 5.96 Å². The molecule has 0 atom stereocenters. The summed E-state index contributed by atoms with van der Waals surface area (Å²) in [5, 5.41) is 11.4. The van der Waals surface area contributed by atoms with E-state index in [4.69, 9.17) is 0 Å². The summed E-state index contributed by atoms with van der Waals surface area (Å²) in [6, 6.07) is 6.59. The molecule has 0 amide bonds. The highest BCUT2D eigenvalue weighted by Crippen LogP contribution is 2.07. The normalized spacial score (nSPS) is 11.6. The van der Waals surface area contributed by atoms with E-state index in [1.54, 1.807) is 6.07 Å². The van der Waals surface area contributed by atoms with Crippen molar-refractivity contribution in [1.29, 1.82) is 0 Å². The van der Waals surface area contributed by atoms with Crippen LogP contribution in [0.2, 0.25) is 0 Å². The molecular formula is C16H23FN6. The minimum Gasteiger partial charge on any atom is -0.357 e. The van der Waals surface area contributed by atoms with Gasteiger partial charge in [-0.1, -0.05) is 12.1 Å². The SMILES string of the molecule is CCNC(=NCc1nnc(C)n1C)N(C)Cc1cccc(F)c1. The van der Waals surface area contributed by atoms with Crippen LogP contribution in [0.25, 0.3) is 0 Å². The van der Waals surface area contributed by atoms with Gasteiger partial charge in [-0.15, -0.1) is 10.2 Å². The summed E-state index contributed by atoms with van der Waals surface area (Å²) in [6.45, 7) is 5.68. The molecule has 0 unspecified atom stereocenters. The van der Waals surface area contributed by atoms with Crippen molar-refractivity contribution in [2.24, 2.45) is 12.0 Å². The number of rotatable bonds is 5. The van der Waals surface area contributed by atoms with E-state index in [1.807, 2.05) is 43.5 Å². The van der Waals surface area contributed by atoms with Gasteiger partial charge in [0.2, 0.25) is 0 Å². The molecule has 6 nitrogen and oxygen atoms in total. The maximum Gasteiger partial charge on any atom is 0.194 e. The van der Waals surface area contributed by atoms with E-state index in [0.717, 1.165) is 29.7 Å². The van der Waals surface area contributed by atoms with Crippen LogP contribution in [0.15, 0.2) is 29.3 Å². The molecule has 0 bridgehead atoms. The monoisotopic (exact) mass is 318 g/mol. The van der Waals surface area contributed by atoms with Crippen LogP contribution in [0.1, 0.15) is 24.1 Å². The van der Waals surface area contributed by atoms with Gasteiger partial charge >= 0.3 is 0 Å². The zero-order valence-electron chi connectivity index (χ0n) is 14.0. The quantitative estimate of drug-likeness (QED) is 0.675. The fraction of sp³-hybridized carbons (Fsp3) is 0.438. The molecule has 124 valence electrons. The Labute approximate surface area is 136 Å². The number of hydrogen-bond acceptors (Lipinski definition) is 3. The molecule has 0 saturated heterocycles. The summed E-state index contributed by atoms with van der Waals surface area (Å²) in [5.41, 5.74) is 0.896. The highest BCUT2D eigenvalue weighted by Gasteiger charge is 2.09. The van der Waals surface area contributed by atoms with Gasteiger partial charge in [-0.05, 0) is 31.5 Å². The summed E-state index contributed by atoms with van der Waals surface area (Å²) in [7, 11) is 3.85. The third kappa shape index (κ3) is 4.51. The first-order valence-corrected chi connectivity index (χ1v) is 7.60. The topological polar surface area (TPSA) is 58.3 Å². The molecular weight excluding hydrogens is 295 g/mol. The van der Waals surface area contributed by atoms with Crippen molar-refractivity contribution < 1.29 is 4.39 Å². The molecule has 0 aliphatic heterocycles. The van der Waals surface area contributed by atoms with E-state index in [1.165, 1.54) is 12.1 Å². The maximum absolute atomic E-state index is 13.3.